The second-order valence-electron chi connectivity index (χ2n) is 7.27. The molecule has 2 aliphatic heterocycles. The van der Waals surface area contributed by atoms with E-state index < -0.39 is 10.0 Å². The highest BCUT2D eigenvalue weighted by Crippen LogP contribution is 2.23. The average molecular weight is 448 g/mol. The van der Waals surface area contributed by atoms with Gasteiger partial charge in [-0.25, -0.2) is 13.1 Å². The molecule has 8 nitrogen and oxygen atoms in total. The van der Waals surface area contributed by atoms with Crippen molar-refractivity contribution in [2.75, 3.05) is 19.6 Å². The first-order valence-electron chi connectivity index (χ1n) is 9.65. The quantitative estimate of drug-likeness (QED) is 0.679. The van der Waals surface area contributed by atoms with E-state index in [4.69, 9.17) is 0 Å². The lowest BCUT2D eigenvalue weighted by Gasteiger charge is -2.32. The molecule has 0 atom stereocenters. The summed E-state index contributed by atoms with van der Waals surface area (Å²) in [6.45, 7) is 0.896. The first-order valence-corrected chi connectivity index (χ1v) is 12.0. The van der Waals surface area contributed by atoms with Crippen molar-refractivity contribution in [1.82, 2.24) is 14.5 Å². The van der Waals surface area contributed by atoms with Gasteiger partial charge in [-0.2, -0.15) is 0 Å². The van der Waals surface area contributed by atoms with Crippen molar-refractivity contribution in [3.05, 3.63) is 52.9 Å². The number of thiophene rings is 1. The molecule has 0 spiro atoms. The minimum absolute atomic E-state index is 0.0378. The van der Waals surface area contributed by atoms with Gasteiger partial charge in [-0.3, -0.25) is 19.3 Å². The van der Waals surface area contributed by atoms with Gasteiger partial charge in [0, 0.05) is 32.1 Å². The standard InChI is InChI=1S/C20H21N3O5S2/c24-17(9-12-23-19(25)15-4-1-2-5-16(15)20(23)26)22-10-7-14(8-11-22)21-30(27,28)18-6-3-13-29-18/h1-6,13-14,21H,7-12H2. The molecule has 1 aromatic heterocycles. The van der Waals surface area contributed by atoms with E-state index >= 15 is 0 Å². The lowest BCUT2D eigenvalue weighted by Crippen LogP contribution is -2.47. The molecule has 0 bridgehead atoms. The van der Waals surface area contributed by atoms with E-state index in [1.165, 1.54) is 0 Å². The molecule has 4 rings (SSSR count). The number of fused-ring (bicyclic) bond motifs is 1. The molecular formula is C20H21N3O5S2. The lowest BCUT2D eigenvalue weighted by molar-refractivity contribution is -0.132. The zero-order chi connectivity index (χ0) is 21.3. The van der Waals surface area contributed by atoms with Gasteiger partial charge in [0.2, 0.25) is 15.9 Å². The van der Waals surface area contributed by atoms with Crippen molar-refractivity contribution in [3.8, 4) is 0 Å². The van der Waals surface area contributed by atoms with Crippen molar-refractivity contribution in [2.24, 2.45) is 0 Å². The van der Waals surface area contributed by atoms with E-state index in [9.17, 15) is 22.8 Å². The summed E-state index contributed by atoms with van der Waals surface area (Å²) in [6, 6.07) is 9.65. The summed E-state index contributed by atoms with van der Waals surface area (Å²) in [4.78, 5) is 40.1. The Labute approximate surface area is 178 Å². The van der Waals surface area contributed by atoms with Gasteiger partial charge in [0.25, 0.3) is 11.8 Å². The van der Waals surface area contributed by atoms with Crippen molar-refractivity contribution in [1.29, 1.82) is 0 Å². The predicted octanol–water partition coefficient (Wildman–Crippen LogP) is 1.70. The summed E-state index contributed by atoms with van der Waals surface area (Å²) in [5.41, 5.74) is 0.738. The number of nitrogens with zero attached hydrogens (tertiary/aromatic N) is 2. The van der Waals surface area contributed by atoms with Gasteiger partial charge in [-0.15, -0.1) is 11.3 Å². The molecule has 0 unspecified atom stereocenters. The number of carbonyl (C=O) groups excluding carboxylic acids is 3. The fourth-order valence-electron chi connectivity index (χ4n) is 3.75. The molecule has 1 N–H and O–H groups in total. The van der Waals surface area contributed by atoms with Crippen LogP contribution >= 0.6 is 11.3 Å². The van der Waals surface area contributed by atoms with Crippen LogP contribution in [0, 0.1) is 0 Å². The second-order valence-corrected chi connectivity index (χ2v) is 10.2. The molecule has 3 heterocycles. The number of amides is 3. The number of imide groups is 1. The topological polar surface area (TPSA) is 104 Å². The third-order valence-electron chi connectivity index (χ3n) is 5.36. The maximum atomic E-state index is 12.6. The van der Waals surface area contributed by atoms with Crippen LogP contribution in [-0.2, 0) is 14.8 Å². The molecule has 158 valence electrons. The zero-order valence-electron chi connectivity index (χ0n) is 16.1. The van der Waals surface area contributed by atoms with Crippen LogP contribution in [0.25, 0.3) is 0 Å². The molecule has 1 aromatic carbocycles. The van der Waals surface area contributed by atoms with Gasteiger partial charge >= 0.3 is 0 Å². The van der Waals surface area contributed by atoms with Crippen LogP contribution in [-0.4, -0.2) is 61.6 Å². The molecule has 2 aliphatic rings. The number of sulfonamides is 1. The number of nitrogens with one attached hydrogen (secondary N) is 1. The van der Waals surface area contributed by atoms with Gasteiger partial charge in [-0.1, -0.05) is 18.2 Å². The molecule has 2 aromatic rings. The van der Waals surface area contributed by atoms with E-state index in [2.05, 4.69) is 4.72 Å². The first kappa shape index (κ1) is 20.7. The molecule has 0 aliphatic carbocycles. The van der Waals surface area contributed by atoms with Crippen molar-refractivity contribution in [3.63, 3.8) is 0 Å². The van der Waals surface area contributed by atoms with Crippen LogP contribution in [0.1, 0.15) is 40.0 Å². The maximum Gasteiger partial charge on any atom is 0.261 e. The third-order valence-corrected chi connectivity index (χ3v) is 8.27. The molecule has 1 saturated heterocycles. The van der Waals surface area contributed by atoms with Crippen LogP contribution in [0.4, 0.5) is 0 Å². The highest BCUT2D eigenvalue weighted by atomic mass is 32.2. The Bertz CT molecular complexity index is 1040. The normalized spacial score (nSPS) is 17.5. The van der Waals surface area contributed by atoms with Crippen LogP contribution < -0.4 is 4.72 Å². The minimum Gasteiger partial charge on any atom is -0.343 e. The average Bonchev–Trinajstić information content (AvgIpc) is 3.36. The Morgan fingerprint density at radius 3 is 2.23 bits per heavy atom. The summed E-state index contributed by atoms with van der Waals surface area (Å²) < 4.78 is 27.6. The highest BCUT2D eigenvalue weighted by molar-refractivity contribution is 7.91. The Kier molecular flexibility index (Phi) is 5.72. The molecule has 3 amide bonds. The summed E-state index contributed by atoms with van der Waals surface area (Å²) in [6.07, 6.45) is 1.09. The number of piperidine rings is 1. The number of hydrogen-bond acceptors (Lipinski definition) is 6. The van der Waals surface area contributed by atoms with Gasteiger partial charge < -0.3 is 4.90 Å². The fourth-order valence-corrected chi connectivity index (χ4v) is 6.06. The summed E-state index contributed by atoms with van der Waals surface area (Å²) in [5.74, 6) is -0.888. The van der Waals surface area contributed by atoms with E-state index in [0.29, 0.717) is 37.1 Å². The van der Waals surface area contributed by atoms with Crippen LogP contribution in [0.2, 0.25) is 0 Å². The second kappa shape index (κ2) is 8.29. The molecule has 30 heavy (non-hydrogen) atoms. The summed E-state index contributed by atoms with van der Waals surface area (Å²) in [5, 5.41) is 1.71. The van der Waals surface area contributed by atoms with E-state index in [1.807, 2.05) is 0 Å². The summed E-state index contributed by atoms with van der Waals surface area (Å²) >= 11 is 1.16. The number of hydrogen-bond donors (Lipinski definition) is 1. The highest BCUT2D eigenvalue weighted by Gasteiger charge is 2.35. The van der Waals surface area contributed by atoms with Crippen LogP contribution in [0.3, 0.4) is 0 Å². The van der Waals surface area contributed by atoms with E-state index in [0.717, 1.165) is 16.2 Å². The predicted molar refractivity (Wildman–Crippen MR) is 111 cm³/mol. The molecule has 1 fully saturated rings. The van der Waals surface area contributed by atoms with E-state index in [1.54, 1.807) is 46.7 Å². The molecular weight excluding hydrogens is 426 g/mol. The maximum absolute atomic E-state index is 12.6. The first-order chi connectivity index (χ1) is 14.4. The molecule has 0 radical (unpaired) electrons. The number of carbonyl (C=O) groups is 3. The number of likely N-dealkylation sites (tertiary alicyclic amines) is 1. The minimum atomic E-state index is -3.53. The lowest BCUT2D eigenvalue weighted by atomic mass is 10.1. The largest absolute Gasteiger partial charge is 0.343 e. The Morgan fingerprint density at radius 1 is 1.03 bits per heavy atom. The fraction of sp³-hybridized carbons (Fsp3) is 0.350. The van der Waals surface area contributed by atoms with Gasteiger partial charge in [0.15, 0.2) is 0 Å². The Balaban J connectivity index is 1.27. The van der Waals surface area contributed by atoms with Crippen molar-refractivity contribution < 1.29 is 22.8 Å². The molecule has 0 saturated carbocycles. The van der Waals surface area contributed by atoms with Crippen LogP contribution in [0.15, 0.2) is 46.0 Å². The summed E-state index contributed by atoms with van der Waals surface area (Å²) in [7, 11) is -3.53. The van der Waals surface area contributed by atoms with Crippen molar-refractivity contribution in [2.45, 2.75) is 29.5 Å². The van der Waals surface area contributed by atoms with Gasteiger partial charge in [-0.05, 0) is 36.4 Å². The monoisotopic (exact) mass is 447 g/mol. The van der Waals surface area contributed by atoms with Gasteiger partial charge in [0.05, 0.1) is 11.1 Å². The zero-order valence-corrected chi connectivity index (χ0v) is 17.7. The number of rotatable bonds is 6. The number of benzene rings is 1. The van der Waals surface area contributed by atoms with Crippen molar-refractivity contribution >= 4 is 39.1 Å². The van der Waals surface area contributed by atoms with Crippen LogP contribution in [0.5, 0.6) is 0 Å². The molecule has 10 heteroatoms. The Hall–Kier alpha value is -2.56. The smallest absolute Gasteiger partial charge is 0.261 e. The van der Waals surface area contributed by atoms with E-state index in [-0.39, 0.29) is 40.9 Å². The third kappa shape index (κ3) is 4.03. The SMILES string of the molecule is O=C(CCN1C(=O)c2ccccc2C1=O)N1CCC(NS(=O)(=O)c2cccs2)CC1. The van der Waals surface area contributed by atoms with Gasteiger partial charge in [0.1, 0.15) is 4.21 Å². The Morgan fingerprint density at radius 2 is 1.67 bits per heavy atom.